The fraction of sp³-hybridized carbons (Fsp3) is 0.778. The molecule has 1 N–H and O–H groups in total. The van der Waals surface area contributed by atoms with Crippen LogP contribution in [0.25, 0.3) is 0 Å². The molecule has 0 unspecified atom stereocenters. The van der Waals surface area contributed by atoms with Gasteiger partial charge in [0.1, 0.15) is 10.0 Å². The summed E-state index contributed by atoms with van der Waals surface area (Å²) in [4.78, 5) is 0. The molecule has 0 amide bonds. The molecule has 3 nitrogen and oxygen atoms in total. The van der Waals surface area contributed by atoms with Crippen LogP contribution in [0.4, 0.5) is 13.2 Å². The molecule has 0 radical (unpaired) electrons. The van der Waals surface area contributed by atoms with Crippen LogP contribution in [-0.4, -0.2) is 29.0 Å². The zero-order chi connectivity index (χ0) is 12.2. The van der Waals surface area contributed by atoms with Gasteiger partial charge in [0, 0.05) is 19.0 Å². The number of aromatic nitrogens is 2. The summed E-state index contributed by atoms with van der Waals surface area (Å²) in [5, 5.41) is 11.1. The van der Waals surface area contributed by atoms with Gasteiger partial charge in [-0.3, -0.25) is 0 Å². The molecule has 0 atom stereocenters. The molecule has 0 fully saturated rings. The Morgan fingerprint density at radius 1 is 1.25 bits per heavy atom. The molecule has 0 saturated heterocycles. The van der Waals surface area contributed by atoms with Gasteiger partial charge in [0.05, 0.1) is 6.42 Å². The van der Waals surface area contributed by atoms with Crippen LogP contribution in [-0.2, 0) is 12.8 Å². The van der Waals surface area contributed by atoms with Gasteiger partial charge in [-0.2, -0.15) is 13.2 Å². The van der Waals surface area contributed by atoms with Crippen LogP contribution in [0, 0.1) is 0 Å². The fourth-order valence-corrected chi connectivity index (χ4v) is 1.98. The smallest absolute Gasteiger partial charge is 0.314 e. The molecule has 0 aliphatic carbocycles. The fourth-order valence-electron chi connectivity index (χ4n) is 1.10. The second kappa shape index (κ2) is 5.58. The number of nitrogens with one attached hydrogen (secondary N) is 1. The first kappa shape index (κ1) is 13.4. The highest BCUT2D eigenvalue weighted by atomic mass is 32.1. The standard InChI is InChI=1S/C9H14F3N3S/c1-6(2)13-4-3-7-14-15-8(16-7)5-9(10,11)12/h6,13H,3-5H2,1-2H3. The topological polar surface area (TPSA) is 37.8 Å². The zero-order valence-corrected chi connectivity index (χ0v) is 9.95. The van der Waals surface area contributed by atoms with Crippen molar-refractivity contribution in [2.75, 3.05) is 6.54 Å². The van der Waals surface area contributed by atoms with Crippen LogP contribution in [0.15, 0.2) is 0 Å². The molecular formula is C9H14F3N3S. The van der Waals surface area contributed by atoms with Crippen molar-refractivity contribution in [3.05, 3.63) is 10.0 Å². The van der Waals surface area contributed by atoms with Gasteiger partial charge < -0.3 is 5.32 Å². The van der Waals surface area contributed by atoms with E-state index in [4.69, 9.17) is 0 Å². The number of rotatable bonds is 5. The summed E-state index contributed by atoms with van der Waals surface area (Å²) in [6, 6.07) is 0.363. The first-order valence-corrected chi connectivity index (χ1v) is 5.80. The van der Waals surface area contributed by atoms with Gasteiger partial charge >= 0.3 is 6.18 Å². The zero-order valence-electron chi connectivity index (χ0n) is 9.14. The van der Waals surface area contributed by atoms with E-state index in [-0.39, 0.29) is 5.01 Å². The van der Waals surface area contributed by atoms with E-state index >= 15 is 0 Å². The van der Waals surface area contributed by atoms with Crippen molar-refractivity contribution in [3.63, 3.8) is 0 Å². The lowest BCUT2D eigenvalue weighted by Gasteiger charge is -2.05. The summed E-state index contributed by atoms with van der Waals surface area (Å²) in [6.07, 6.45) is -4.57. The lowest BCUT2D eigenvalue weighted by molar-refractivity contribution is -0.127. The summed E-state index contributed by atoms with van der Waals surface area (Å²) in [7, 11) is 0. The average molecular weight is 253 g/mol. The minimum Gasteiger partial charge on any atom is -0.314 e. The summed E-state index contributed by atoms with van der Waals surface area (Å²) in [6.45, 7) is 4.72. The quantitative estimate of drug-likeness (QED) is 0.874. The van der Waals surface area contributed by atoms with Crippen molar-refractivity contribution in [3.8, 4) is 0 Å². The molecular weight excluding hydrogens is 239 g/mol. The van der Waals surface area contributed by atoms with E-state index in [1.54, 1.807) is 0 Å². The highest BCUT2D eigenvalue weighted by molar-refractivity contribution is 7.11. The molecule has 0 aromatic carbocycles. The third-order valence-electron chi connectivity index (χ3n) is 1.75. The third kappa shape index (κ3) is 5.41. The highest BCUT2D eigenvalue weighted by Gasteiger charge is 2.29. The van der Waals surface area contributed by atoms with Crippen molar-refractivity contribution < 1.29 is 13.2 Å². The normalized spacial score (nSPS) is 12.4. The molecule has 1 aromatic rings. The molecule has 0 aliphatic rings. The molecule has 0 aliphatic heterocycles. The molecule has 7 heteroatoms. The Kier molecular flexibility index (Phi) is 4.67. The second-order valence-corrected chi connectivity index (χ2v) is 4.89. The molecule has 0 saturated carbocycles. The van der Waals surface area contributed by atoms with Crippen LogP contribution in [0.1, 0.15) is 23.9 Å². The van der Waals surface area contributed by atoms with Crippen LogP contribution < -0.4 is 5.32 Å². The Bertz CT molecular complexity index is 322. The first-order valence-electron chi connectivity index (χ1n) is 4.98. The molecule has 1 heterocycles. The Balaban J connectivity index is 2.40. The minimum atomic E-state index is -4.20. The van der Waals surface area contributed by atoms with E-state index in [2.05, 4.69) is 15.5 Å². The predicted molar refractivity (Wildman–Crippen MR) is 56.5 cm³/mol. The van der Waals surface area contributed by atoms with E-state index in [0.29, 0.717) is 24.0 Å². The molecule has 16 heavy (non-hydrogen) atoms. The largest absolute Gasteiger partial charge is 0.395 e. The van der Waals surface area contributed by atoms with Gasteiger partial charge in [-0.1, -0.05) is 13.8 Å². The molecule has 0 bridgehead atoms. The average Bonchev–Trinajstić information content (AvgIpc) is 2.48. The minimum absolute atomic E-state index is 0.0343. The lowest BCUT2D eigenvalue weighted by atomic mass is 10.3. The summed E-state index contributed by atoms with van der Waals surface area (Å²) < 4.78 is 36.1. The number of halogens is 3. The third-order valence-corrected chi connectivity index (χ3v) is 2.73. The molecule has 1 rings (SSSR count). The van der Waals surface area contributed by atoms with E-state index in [0.717, 1.165) is 11.3 Å². The number of hydrogen-bond acceptors (Lipinski definition) is 4. The van der Waals surface area contributed by atoms with Gasteiger partial charge in [0.2, 0.25) is 0 Å². The van der Waals surface area contributed by atoms with Crippen molar-refractivity contribution in [1.82, 2.24) is 15.5 Å². The van der Waals surface area contributed by atoms with Crippen LogP contribution in [0.2, 0.25) is 0 Å². The van der Waals surface area contributed by atoms with E-state index in [1.165, 1.54) is 0 Å². The summed E-state index contributed by atoms with van der Waals surface area (Å²) in [5.41, 5.74) is 0. The second-order valence-electron chi connectivity index (χ2n) is 3.74. The monoisotopic (exact) mass is 253 g/mol. The van der Waals surface area contributed by atoms with Crippen molar-refractivity contribution >= 4 is 11.3 Å². The Morgan fingerprint density at radius 3 is 2.44 bits per heavy atom. The van der Waals surface area contributed by atoms with Gasteiger partial charge in [-0.25, -0.2) is 0 Å². The van der Waals surface area contributed by atoms with Crippen molar-refractivity contribution in [2.45, 2.75) is 38.9 Å². The first-order chi connectivity index (χ1) is 7.37. The van der Waals surface area contributed by atoms with E-state index in [9.17, 15) is 13.2 Å². The number of alkyl halides is 3. The molecule has 0 spiro atoms. The predicted octanol–water partition coefficient (Wildman–Crippen LogP) is 2.18. The highest BCUT2D eigenvalue weighted by Crippen LogP contribution is 2.23. The Hall–Kier alpha value is -0.690. The van der Waals surface area contributed by atoms with Crippen molar-refractivity contribution in [2.24, 2.45) is 0 Å². The Morgan fingerprint density at radius 2 is 1.88 bits per heavy atom. The number of hydrogen-bond donors (Lipinski definition) is 1. The number of nitrogens with zero attached hydrogens (tertiary/aromatic N) is 2. The lowest BCUT2D eigenvalue weighted by Crippen LogP contribution is -2.24. The maximum absolute atomic E-state index is 12.0. The molecule has 1 aromatic heterocycles. The van der Waals surface area contributed by atoms with Gasteiger partial charge in [0.15, 0.2) is 0 Å². The maximum atomic E-state index is 12.0. The van der Waals surface area contributed by atoms with Crippen molar-refractivity contribution in [1.29, 1.82) is 0 Å². The summed E-state index contributed by atoms with van der Waals surface area (Å²) >= 11 is 1.03. The van der Waals surface area contributed by atoms with Crippen LogP contribution >= 0.6 is 11.3 Å². The van der Waals surface area contributed by atoms with Crippen LogP contribution in [0.5, 0.6) is 0 Å². The van der Waals surface area contributed by atoms with E-state index < -0.39 is 12.6 Å². The molecule has 92 valence electrons. The maximum Gasteiger partial charge on any atom is 0.395 e. The Labute approximate surface area is 96.1 Å². The van der Waals surface area contributed by atoms with Gasteiger partial charge in [0.25, 0.3) is 0 Å². The summed E-state index contributed by atoms with van der Waals surface area (Å²) in [5.74, 6) is 0. The van der Waals surface area contributed by atoms with Crippen LogP contribution in [0.3, 0.4) is 0 Å². The van der Waals surface area contributed by atoms with E-state index in [1.807, 2.05) is 13.8 Å². The SMILES string of the molecule is CC(C)NCCc1nnc(CC(F)(F)F)s1. The van der Waals surface area contributed by atoms with Gasteiger partial charge in [-0.15, -0.1) is 21.5 Å². The van der Waals surface area contributed by atoms with Gasteiger partial charge in [-0.05, 0) is 0 Å².